The van der Waals surface area contributed by atoms with Crippen LogP contribution in [0.5, 0.6) is 5.75 Å². The Morgan fingerprint density at radius 1 is 1.28 bits per heavy atom. The second kappa shape index (κ2) is 7.54. The number of benzene rings is 1. The number of hydrogen-bond acceptors (Lipinski definition) is 3. The lowest BCUT2D eigenvalue weighted by atomic mass is 10.1. The average Bonchev–Trinajstić information content (AvgIpc) is 3.34. The summed E-state index contributed by atoms with van der Waals surface area (Å²) in [6, 6.07) is 11.9. The molecule has 0 saturated carbocycles. The summed E-state index contributed by atoms with van der Waals surface area (Å²) >= 11 is 1.51. The minimum atomic E-state index is 0. The molecule has 25 heavy (non-hydrogen) atoms. The predicted octanol–water partition coefficient (Wildman–Crippen LogP) is 0.346. The highest BCUT2D eigenvalue weighted by molar-refractivity contribution is 7.12. The number of carbonyl (C=O) groups excluding carboxylic acids is 1. The van der Waals surface area contributed by atoms with Crippen LogP contribution in [0.1, 0.15) is 21.9 Å². The van der Waals surface area contributed by atoms with Crippen LogP contribution in [0.4, 0.5) is 0 Å². The zero-order chi connectivity index (χ0) is 16.5. The molecular formula is C19H19BrN2O2S. The Hall–Kier alpha value is -1.92. The lowest BCUT2D eigenvalue weighted by Crippen LogP contribution is -3.00. The van der Waals surface area contributed by atoms with Crippen molar-refractivity contribution in [3.63, 3.8) is 0 Å². The summed E-state index contributed by atoms with van der Waals surface area (Å²) < 4.78 is 9.70. The molecule has 0 radical (unpaired) electrons. The van der Waals surface area contributed by atoms with E-state index in [0.717, 1.165) is 35.6 Å². The van der Waals surface area contributed by atoms with Crippen LogP contribution in [-0.4, -0.2) is 17.5 Å². The van der Waals surface area contributed by atoms with Crippen molar-refractivity contribution >= 4 is 17.1 Å². The molecular weight excluding hydrogens is 400 g/mol. The third kappa shape index (κ3) is 3.41. The molecule has 3 heterocycles. The monoisotopic (exact) mass is 418 g/mol. The quantitative estimate of drug-likeness (QED) is 0.442. The Labute approximate surface area is 161 Å². The first-order chi connectivity index (χ1) is 11.8. The summed E-state index contributed by atoms with van der Waals surface area (Å²) in [4.78, 5) is 13.3. The van der Waals surface area contributed by atoms with E-state index in [0.29, 0.717) is 6.54 Å². The smallest absolute Gasteiger partial charge is 0.257 e. The number of imidazole rings is 1. The van der Waals surface area contributed by atoms with E-state index in [-0.39, 0.29) is 22.8 Å². The number of thiophene rings is 1. The number of carbonyl (C=O) groups is 1. The number of ether oxygens (including phenoxy) is 1. The molecule has 130 valence electrons. The second-order valence-corrected chi connectivity index (χ2v) is 6.89. The molecule has 0 amide bonds. The van der Waals surface area contributed by atoms with Gasteiger partial charge >= 0.3 is 0 Å². The van der Waals surface area contributed by atoms with Crippen LogP contribution in [0.15, 0.2) is 48.0 Å². The van der Waals surface area contributed by atoms with E-state index >= 15 is 0 Å². The van der Waals surface area contributed by atoms with Gasteiger partial charge in [0.1, 0.15) is 11.9 Å². The number of rotatable bonds is 5. The zero-order valence-corrected chi connectivity index (χ0v) is 16.3. The van der Waals surface area contributed by atoms with Gasteiger partial charge < -0.3 is 21.7 Å². The van der Waals surface area contributed by atoms with Gasteiger partial charge in [-0.25, -0.2) is 9.13 Å². The maximum atomic E-state index is 12.5. The van der Waals surface area contributed by atoms with Crippen molar-refractivity contribution < 1.29 is 31.1 Å². The van der Waals surface area contributed by atoms with Gasteiger partial charge in [-0.2, -0.15) is 0 Å². The maximum Gasteiger partial charge on any atom is 0.257 e. The molecule has 1 aliphatic rings. The Kier molecular flexibility index (Phi) is 5.39. The highest BCUT2D eigenvalue weighted by Gasteiger charge is 2.29. The highest BCUT2D eigenvalue weighted by Crippen LogP contribution is 2.26. The van der Waals surface area contributed by atoms with Gasteiger partial charge in [0.05, 0.1) is 25.0 Å². The van der Waals surface area contributed by atoms with E-state index in [4.69, 9.17) is 4.74 Å². The zero-order valence-electron chi connectivity index (χ0n) is 13.9. The fourth-order valence-corrected chi connectivity index (χ4v) is 3.97. The summed E-state index contributed by atoms with van der Waals surface area (Å²) in [7, 11) is 1.67. The molecule has 0 bridgehead atoms. The minimum Gasteiger partial charge on any atom is -1.00 e. The number of aromatic nitrogens is 2. The molecule has 0 atom stereocenters. The molecule has 4 rings (SSSR count). The van der Waals surface area contributed by atoms with Gasteiger partial charge in [-0.3, -0.25) is 4.79 Å². The Morgan fingerprint density at radius 3 is 2.76 bits per heavy atom. The van der Waals surface area contributed by atoms with Crippen LogP contribution < -0.4 is 26.3 Å². The van der Waals surface area contributed by atoms with Crippen molar-refractivity contribution in [1.29, 1.82) is 0 Å². The molecule has 0 fully saturated rings. The van der Waals surface area contributed by atoms with E-state index in [1.807, 2.05) is 29.6 Å². The Bertz CT molecular complexity index is 870. The number of fused-ring (bicyclic) bond motifs is 1. The first-order valence-electron chi connectivity index (χ1n) is 8.09. The molecule has 6 heteroatoms. The normalized spacial score (nSPS) is 12.5. The summed E-state index contributed by atoms with van der Waals surface area (Å²) in [5.74, 6) is 2.27. The first-order valence-corrected chi connectivity index (χ1v) is 8.97. The molecule has 0 N–H and O–H groups in total. The fourth-order valence-electron chi connectivity index (χ4n) is 3.31. The summed E-state index contributed by atoms with van der Waals surface area (Å²) in [6.07, 6.45) is 4.27. The van der Waals surface area contributed by atoms with Crippen molar-refractivity contribution in [2.75, 3.05) is 7.11 Å². The first kappa shape index (κ1) is 17.9. The number of ketones is 1. The molecule has 0 saturated heterocycles. The summed E-state index contributed by atoms with van der Waals surface area (Å²) in [5.41, 5.74) is 2.32. The molecule has 4 nitrogen and oxygen atoms in total. The van der Waals surface area contributed by atoms with Crippen LogP contribution in [0, 0.1) is 0 Å². The number of methoxy groups -OCH3 is 1. The number of halogens is 1. The second-order valence-electron chi connectivity index (χ2n) is 5.94. The topological polar surface area (TPSA) is 35.1 Å². The van der Waals surface area contributed by atoms with E-state index < -0.39 is 0 Å². The standard InChI is InChI=1S/C19H19N2O2S.BrH/c1-23-15-8-6-14(7-9-15)16-12-20(19-5-2-10-21(16)19)13-17(22)18-4-3-11-24-18;/h3-4,6-9,11-12H,2,5,10,13H2,1H3;1H/q+1;/p-1. The van der Waals surface area contributed by atoms with Gasteiger partial charge in [-0.1, -0.05) is 6.07 Å². The maximum absolute atomic E-state index is 12.5. The van der Waals surface area contributed by atoms with E-state index in [1.54, 1.807) is 7.11 Å². The molecule has 1 aromatic carbocycles. The number of Topliss-reactive ketones (excluding diaryl/α,β-unsaturated/α-hetero) is 1. The fraction of sp³-hybridized carbons (Fsp3) is 0.263. The molecule has 0 unspecified atom stereocenters. The van der Waals surface area contributed by atoms with Crippen LogP contribution in [0.2, 0.25) is 0 Å². The predicted molar refractivity (Wildman–Crippen MR) is 93.6 cm³/mol. The number of hydrogen-bond donors (Lipinski definition) is 0. The van der Waals surface area contributed by atoms with Gasteiger partial charge in [0, 0.05) is 5.56 Å². The van der Waals surface area contributed by atoms with E-state index in [2.05, 4.69) is 27.5 Å². The van der Waals surface area contributed by atoms with Crippen molar-refractivity contribution in [2.24, 2.45) is 0 Å². The van der Waals surface area contributed by atoms with Gasteiger partial charge in [0.15, 0.2) is 12.2 Å². The summed E-state index contributed by atoms with van der Waals surface area (Å²) in [5, 5.41) is 1.95. The van der Waals surface area contributed by atoms with Gasteiger partial charge in [0.25, 0.3) is 5.82 Å². The lowest BCUT2D eigenvalue weighted by Gasteiger charge is -2.01. The van der Waals surface area contributed by atoms with Crippen molar-refractivity contribution in [3.8, 4) is 17.0 Å². The third-order valence-corrected chi connectivity index (χ3v) is 5.40. The van der Waals surface area contributed by atoms with Crippen molar-refractivity contribution in [1.82, 2.24) is 4.57 Å². The lowest BCUT2D eigenvalue weighted by molar-refractivity contribution is -0.689. The molecule has 0 spiro atoms. The Balaban J connectivity index is 0.00000182. The SMILES string of the molecule is COc1ccc(-c2c[n+](CC(=O)c3cccs3)c3n2CCC3)cc1.[Br-]. The van der Waals surface area contributed by atoms with Crippen LogP contribution >= 0.6 is 11.3 Å². The average molecular weight is 419 g/mol. The van der Waals surface area contributed by atoms with E-state index in [9.17, 15) is 4.79 Å². The third-order valence-electron chi connectivity index (χ3n) is 4.49. The van der Waals surface area contributed by atoms with Crippen LogP contribution in [0.3, 0.4) is 0 Å². The van der Waals surface area contributed by atoms with Gasteiger partial charge in [-0.15, -0.1) is 11.3 Å². The molecule has 0 aliphatic carbocycles. The largest absolute Gasteiger partial charge is 1.00 e. The van der Waals surface area contributed by atoms with Crippen molar-refractivity contribution in [3.05, 3.63) is 58.7 Å². The molecule has 3 aromatic rings. The minimum absolute atomic E-state index is 0. The van der Waals surface area contributed by atoms with Crippen LogP contribution in [0.25, 0.3) is 11.3 Å². The number of nitrogens with zero attached hydrogens (tertiary/aromatic N) is 2. The summed E-state index contributed by atoms with van der Waals surface area (Å²) in [6.45, 7) is 1.42. The van der Waals surface area contributed by atoms with Gasteiger partial charge in [-0.05, 0) is 42.1 Å². The van der Waals surface area contributed by atoms with Crippen LogP contribution in [-0.2, 0) is 19.5 Å². The highest BCUT2D eigenvalue weighted by atomic mass is 79.9. The molecule has 2 aromatic heterocycles. The van der Waals surface area contributed by atoms with E-state index in [1.165, 1.54) is 22.9 Å². The van der Waals surface area contributed by atoms with Crippen molar-refractivity contribution in [2.45, 2.75) is 25.9 Å². The van der Waals surface area contributed by atoms with Gasteiger partial charge in [0.2, 0.25) is 5.78 Å². The molecule has 1 aliphatic heterocycles. The Morgan fingerprint density at radius 2 is 2.08 bits per heavy atom.